The summed E-state index contributed by atoms with van der Waals surface area (Å²) in [5.74, 6) is 0. The van der Waals surface area contributed by atoms with Crippen molar-refractivity contribution in [1.82, 2.24) is 9.80 Å². The van der Waals surface area contributed by atoms with E-state index in [0.717, 1.165) is 12.1 Å². The van der Waals surface area contributed by atoms with Crippen molar-refractivity contribution in [2.75, 3.05) is 13.1 Å². The standard InChI is InChI=1S/C15H27ClN2.ClH/c16-15-17(13-7-3-1-4-8-13)11-12-18(15)14-9-5-2-6-10-14;/h13-15H,1-12H2;1H. The minimum Gasteiger partial charge on any atom is -0.271 e. The van der Waals surface area contributed by atoms with Gasteiger partial charge in [0.1, 0.15) is 5.62 Å². The molecular weight excluding hydrogens is 279 g/mol. The molecule has 1 aliphatic heterocycles. The smallest absolute Gasteiger partial charge is 0.140 e. The van der Waals surface area contributed by atoms with Gasteiger partial charge in [-0.1, -0.05) is 50.1 Å². The molecule has 2 aliphatic carbocycles. The molecule has 0 aromatic carbocycles. The fraction of sp³-hybridized carbons (Fsp3) is 1.00. The molecule has 0 N–H and O–H groups in total. The molecule has 3 aliphatic rings. The summed E-state index contributed by atoms with van der Waals surface area (Å²) in [7, 11) is 0. The van der Waals surface area contributed by atoms with Crippen molar-refractivity contribution in [3.63, 3.8) is 0 Å². The normalized spacial score (nSPS) is 29.5. The fourth-order valence-electron chi connectivity index (χ4n) is 4.17. The zero-order valence-corrected chi connectivity index (χ0v) is 13.5. The maximum Gasteiger partial charge on any atom is 0.140 e. The van der Waals surface area contributed by atoms with Crippen LogP contribution < -0.4 is 0 Å². The molecule has 0 atom stereocenters. The number of hydrogen-bond donors (Lipinski definition) is 0. The van der Waals surface area contributed by atoms with Crippen LogP contribution in [0.5, 0.6) is 0 Å². The fourth-order valence-corrected chi connectivity index (χ4v) is 4.69. The number of hydrogen-bond acceptors (Lipinski definition) is 2. The van der Waals surface area contributed by atoms with Gasteiger partial charge in [0.15, 0.2) is 0 Å². The Morgan fingerprint density at radius 3 is 1.37 bits per heavy atom. The topological polar surface area (TPSA) is 6.48 Å². The van der Waals surface area contributed by atoms with Crippen LogP contribution >= 0.6 is 24.0 Å². The van der Waals surface area contributed by atoms with E-state index >= 15 is 0 Å². The Morgan fingerprint density at radius 2 is 1.00 bits per heavy atom. The summed E-state index contributed by atoms with van der Waals surface area (Å²) in [5, 5.41) is 0. The molecule has 19 heavy (non-hydrogen) atoms. The van der Waals surface area contributed by atoms with Gasteiger partial charge >= 0.3 is 0 Å². The summed E-state index contributed by atoms with van der Waals surface area (Å²) in [6.07, 6.45) is 14.0. The van der Waals surface area contributed by atoms with Crippen molar-refractivity contribution in [3.05, 3.63) is 0 Å². The van der Waals surface area contributed by atoms with E-state index in [9.17, 15) is 0 Å². The Labute approximate surface area is 129 Å². The minimum absolute atomic E-state index is 0. The van der Waals surface area contributed by atoms with Crippen molar-refractivity contribution >= 4 is 24.0 Å². The van der Waals surface area contributed by atoms with Gasteiger partial charge in [-0.3, -0.25) is 9.80 Å². The zero-order chi connectivity index (χ0) is 12.4. The first-order chi connectivity index (χ1) is 8.86. The maximum absolute atomic E-state index is 6.76. The first-order valence-electron chi connectivity index (χ1n) is 8.02. The number of halogens is 2. The molecule has 3 fully saturated rings. The van der Waals surface area contributed by atoms with E-state index in [1.807, 2.05) is 0 Å². The molecule has 3 rings (SSSR count). The van der Waals surface area contributed by atoms with E-state index in [4.69, 9.17) is 11.6 Å². The van der Waals surface area contributed by atoms with Crippen molar-refractivity contribution in [1.29, 1.82) is 0 Å². The highest BCUT2D eigenvalue weighted by Crippen LogP contribution is 2.33. The lowest BCUT2D eigenvalue weighted by Crippen LogP contribution is -2.45. The van der Waals surface area contributed by atoms with Gasteiger partial charge in [0.25, 0.3) is 0 Å². The first-order valence-corrected chi connectivity index (χ1v) is 8.45. The summed E-state index contributed by atoms with van der Waals surface area (Å²) in [6, 6.07) is 1.55. The molecule has 0 bridgehead atoms. The van der Waals surface area contributed by atoms with Crippen molar-refractivity contribution in [3.8, 4) is 0 Å². The molecule has 0 aromatic rings. The van der Waals surface area contributed by atoms with Crippen LogP contribution in [0.3, 0.4) is 0 Å². The van der Waals surface area contributed by atoms with Crippen LogP contribution in [0.4, 0.5) is 0 Å². The second-order valence-electron chi connectivity index (χ2n) is 6.37. The monoisotopic (exact) mass is 306 g/mol. The van der Waals surface area contributed by atoms with Crippen LogP contribution in [0, 0.1) is 0 Å². The van der Waals surface area contributed by atoms with Crippen LogP contribution in [0.25, 0.3) is 0 Å². The second kappa shape index (κ2) is 7.49. The molecule has 1 heterocycles. The van der Waals surface area contributed by atoms with Gasteiger partial charge in [-0.15, -0.1) is 12.4 Å². The van der Waals surface area contributed by atoms with Gasteiger partial charge in [-0.2, -0.15) is 0 Å². The van der Waals surface area contributed by atoms with Gasteiger partial charge in [0.2, 0.25) is 0 Å². The third kappa shape index (κ3) is 3.58. The zero-order valence-electron chi connectivity index (χ0n) is 11.9. The first kappa shape index (κ1) is 15.9. The van der Waals surface area contributed by atoms with E-state index in [-0.39, 0.29) is 18.0 Å². The van der Waals surface area contributed by atoms with Crippen LogP contribution in [0.2, 0.25) is 0 Å². The predicted octanol–water partition coefficient (Wildman–Crippen LogP) is 4.21. The maximum atomic E-state index is 6.76. The number of alkyl halides is 1. The van der Waals surface area contributed by atoms with Crippen LogP contribution in [0.1, 0.15) is 64.2 Å². The Bertz CT molecular complexity index is 237. The number of nitrogens with zero attached hydrogens (tertiary/aromatic N) is 2. The molecule has 2 nitrogen and oxygen atoms in total. The lowest BCUT2D eigenvalue weighted by Gasteiger charge is -2.37. The quantitative estimate of drug-likeness (QED) is 0.557. The van der Waals surface area contributed by atoms with Gasteiger partial charge in [0.05, 0.1) is 0 Å². The lowest BCUT2D eigenvalue weighted by molar-refractivity contribution is 0.0943. The molecule has 0 spiro atoms. The molecule has 0 unspecified atom stereocenters. The van der Waals surface area contributed by atoms with E-state index < -0.39 is 0 Å². The Morgan fingerprint density at radius 1 is 0.632 bits per heavy atom. The van der Waals surface area contributed by atoms with Crippen LogP contribution in [-0.4, -0.2) is 40.6 Å². The van der Waals surface area contributed by atoms with Crippen LogP contribution in [-0.2, 0) is 0 Å². The van der Waals surface area contributed by atoms with Gasteiger partial charge in [-0.05, 0) is 25.7 Å². The largest absolute Gasteiger partial charge is 0.271 e. The number of rotatable bonds is 2. The Kier molecular flexibility index (Phi) is 6.26. The van der Waals surface area contributed by atoms with Gasteiger partial charge in [-0.25, -0.2) is 0 Å². The third-order valence-electron chi connectivity index (χ3n) is 5.25. The molecular formula is C15H28Cl2N2. The predicted molar refractivity (Wildman–Crippen MR) is 84.0 cm³/mol. The highest BCUT2D eigenvalue weighted by molar-refractivity contribution is 6.20. The van der Waals surface area contributed by atoms with Gasteiger partial charge in [0, 0.05) is 25.2 Å². The van der Waals surface area contributed by atoms with E-state index in [1.165, 1.54) is 77.3 Å². The summed E-state index contributed by atoms with van der Waals surface area (Å²) in [4.78, 5) is 5.19. The van der Waals surface area contributed by atoms with E-state index in [0.29, 0.717) is 0 Å². The van der Waals surface area contributed by atoms with Crippen molar-refractivity contribution in [2.24, 2.45) is 0 Å². The molecule has 1 saturated heterocycles. The Balaban J connectivity index is 0.00000133. The SMILES string of the molecule is Cl.ClC1N(C2CCCCC2)CCN1C1CCCCC1. The van der Waals surface area contributed by atoms with E-state index in [2.05, 4.69) is 9.80 Å². The van der Waals surface area contributed by atoms with Gasteiger partial charge < -0.3 is 0 Å². The van der Waals surface area contributed by atoms with E-state index in [1.54, 1.807) is 0 Å². The van der Waals surface area contributed by atoms with Crippen molar-refractivity contribution < 1.29 is 0 Å². The Hall–Kier alpha value is 0.500. The molecule has 112 valence electrons. The van der Waals surface area contributed by atoms with Crippen molar-refractivity contribution in [2.45, 2.75) is 81.9 Å². The molecule has 2 saturated carbocycles. The molecule has 0 radical (unpaired) electrons. The average Bonchev–Trinajstić information content (AvgIpc) is 2.83. The molecule has 0 aromatic heterocycles. The summed E-state index contributed by atoms with van der Waals surface area (Å²) in [5.41, 5.74) is 0.191. The lowest BCUT2D eigenvalue weighted by atomic mass is 9.94. The molecule has 4 heteroatoms. The summed E-state index contributed by atoms with van der Waals surface area (Å²) in [6.45, 7) is 2.41. The third-order valence-corrected chi connectivity index (χ3v) is 5.75. The minimum atomic E-state index is 0. The average molecular weight is 307 g/mol. The summed E-state index contributed by atoms with van der Waals surface area (Å²) < 4.78 is 0. The van der Waals surface area contributed by atoms with Crippen LogP contribution in [0.15, 0.2) is 0 Å². The molecule has 0 amide bonds. The second-order valence-corrected chi connectivity index (χ2v) is 6.76. The highest BCUT2D eigenvalue weighted by atomic mass is 35.5. The summed E-state index contributed by atoms with van der Waals surface area (Å²) >= 11 is 6.76. The highest BCUT2D eigenvalue weighted by Gasteiger charge is 2.38.